The first-order valence-electron chi connectivity index (χ1n) is 4.70. The van der Waals surface area contributed by atoms with Crippen molar-refractivity contribution in [1.29, 1.82) is 0 Å². The van der Waals surface area contributed by atoms with Gasteiger partial charge in [0.15, 0.2) is 0 Å². The standard InChI is InChI=1S/C7H9P.C4H6F2/c1-6-2-4-7(8)5-3-6;5-4(6)3-1-2-3/h2-5H,8H2,1H3;3-4H,1-2H2. The average molecular weight is 216 g/mol. The number of hydrogen-bond donors (Lipinski definition) is 0. The molecule has 0 heterocycles. The maximum atomic E-state index is 11.2. The van der Waals surface area contributed by atoms with Gasteiger partial charge in [0.2, 0.25) is 6.43 Å². The maximum absolute atomic E-state index is 11.2. The first-order valence-corrected chi connectivity index (χ1v) is 5.27. The Morgan fingerprint density at radius 3 is 1.93 bits per heavy atom. The van der Waals surface area contributed by atoms with E-state index in [9.17, 15) is 8.78 Å². The van der Waals surface area contributed by atoms with Crippen molar-refractivity contribution >= 4 is 14.5 Å². The van der Waals surface area contributed by atoms with Crippen molar-refractivity contribution < 1.29 is 8.78 Å². The molecule has 0 aliphatic heterocycles. The van der Waals surface area contributed by atoms with Gasteiger partial charge in [0.25, 0.3) is 0 Å². The number of benzene rings is 1. The van der Waals surface area contributed by atoms with E-state index in [1.807, 2.05) is 0 Å². The topological polar surface area (TPSA) is 0 Å². The third-order valence-electron chi connectivity index (χ3n) is 2.06. The van der Waals surface area contributed by atoms with Gasteiger partial charge in [-0.15, -0.1) is 9.24 Å². The minimum Gasteiger partial charge on any atom is -0.210 e. The molecule has 1 aliphatic carbocycles. The van der Waals surface area contributed by atoms with Crippen LogP contribution in [0.15, 0.2) is 24.3 Å². The second-order valence-electron chi connectivity index (χ2n) is 3.58. The van der Waals surface area contributed by atoms with Gasteiger partial charge < -0.3 is 0 Å². The Balaban J connectivity index is 0.000000146. The summed E-state index contributed by atoms with van der Waals surface area (Å²) in [5.41, 5.74) is 1.32. The Morgan fingerprint density at radius 1 is 1.21 bits per heavy atom. The molecule has 1 fully saturated rings. The molecule has 0 saturated heterocycles. The van der Waals surface area contributed by atoms with Crippen molar-refractivity contribution in [2.75, 3.05) is 0 Å². The normalized spacial score (nSPS) is 14.9. The lowest BCUT2D eigenvalue weighted by Gasteiger charge is -1.89. The largest absolute Gasteiger partial charge is 0.241 e. The van der Waals surface area contributed by atoms with Gasteiger partial charge in [0.05, 0.1) is 0 Å². The lowest BCUT2D eigenvalue weighted by atomic mass is 10.2. The van der Waals surface area contributed by atoms with E-state index >= 15 is 0 Å². The molecule has 2 rings (SSSR count). The highest BCUT2D eigenvalue weighted by atomic mass is 31.0. The van der Waals surface area contributed by atoms with Gasteiger partial charge in [-0.3, -0.25) is 0 Å². The van der Waals surface area contributed by atoms with Gasteiger partial charge in [-0.05, 0) is 25.1 Å². The van der Waals surface area contributed by atoms with Gasteiger partial charge in [0.1, 0.15) is 0 Å². The molecular weight excluding hydrogens is 201 g/mol. The molecule has 1 aliphatic rings. The summed E-state index contributed by atoms with van der Waals surface area (Å²) in [4.78, 5) is 0. The molecule has 0 bridgehead atoms. The molecule has 1 saturated carbocycles. The summed E-state index contributed by atoms with van der Waals surface area (Å²) in [7, 11) is 2.65. The highest BCUT2D eigenvalue weighted by molar-refractivity contribution is 7.27. The second-order valence-corrected chi connectivity index (χ2v) is 4.25. The number of hydrogen-bond acceptors (Lipinski definition) is 0. The van der Waals surface area contributed by atoms with Crippen molar-refractivity contribution in [1.82, 2.24) is 0 Å². The van der Waals surface area contributed by atoms with E-state index in [-0.39, 0.29) is 5.92 Å². The number of alkyl halides is 2. The van der Waals surface area contributed by atoms with Crippen molar-refractivity contribution in [2.24, 2.45) is 5.92 Å². The molecule has 0 nitrogen and oxygen atoms in total. The first-order chi connectivity index (χ1) is 6.59. The van der Waals surface area contributed by atoms with E-state index in [1.165, 1.54) is 10.9 Å². The Bertz CT molecular complexity index is 244. The van der Waals surface area contributed by atoms with Crippen LogP contribution in [0, 0.1) is 12.8 Å². The summed E-state index contributed by atoms with van der Waals surface area (Å²) < 4.78 is 22.4. The highest BCUT2D eigenvalue weighted by Crippen LogP contribution is 2.34. The van der Waals surface area contributed by atoms with Crippen LogP contribution in [0.5, 0.6) is 0 Å². The lowest BCUT2D eigenvalue weighted by molar-refractivity contribution is 0.123. The van der Waals surface area contributed by atoms with E-state index in [4.69, 9.17) is 0 Å². The molecule has 14 heavy (non-hydrogen) atoms. The molecule has 1 aromatic rings. The summed E-state index contributed by atoms with van der Waals surface area (Å²) in [6.07, 6.45) is -0.542. The predicted octanol–water partition coefficient (Wildman–Crippen LogP) is 3.16. The zero-order valence-electron chi connectivity index (χ0n) is 8.21. The van der Waals surface area contributed by atoms with Crippen molar-refractivity contribution in [2.45, 2.75) is 26.2 Å². The maximum Gasteiger partial charge on any atom is 0.241 e. The zero-order chi connectivity index (χ0) is 10.6. The first kappa shape index (κ1) is 11.6. The van der Waals surface area contributed by atoms with Gasteiger partial charge >= 0.3 is 0 Å². The fourth-order valence-corrected chi connectivity index (χ4v) is 1.11. The fourth-order valence-electron chi connectivity index (χ4n) is 0.915. The van der Waals surface area contributed by atoms with Gasteiger partial charge in [-0.2, -0.15) is 0 Å². The number of aryl methyl sites for hydroxylation is 1. The van der Waals surface area contributed by atoms with Crippen molar-refractivity contribution in [3.63, 3.8) is 0 Å². The number of rotatable bonds is 1. The van der Waals surface area contributed by atoms with E-state index in [2.05, 4.69) is 40.4 Å². The summed E-state index contributed by atoms with van der Waals surface area (Å²) in [6, 6.07) is 8.37. The van der Waals surface area contributed by atoms with E-state index in [0.717, 1.165) is 12.8 Å². The predicted molar refractivity (Wildman–Crippen MR) is 59.3 cm³/mol. The molecule has 0 aromatic heterocycles. The molecule has 1 atom stereocenters. The molecule has 78 valence electrons. The molecule has 1 aromatic carbocycles. The Morgan fingerprint density at radius 2 is 1.71 bits per heavy atom. The summed E-state index contributed by atoms with van der Waals surface area (Å²) in [6.45, 7) is 2.09. The zero-order valence-corrected chi connectivity index (χ0v) is 9.37. The van der Waals surface area contributed by atoms with Crippen LogP contribution in [-0.4, -0.2) is 6.43 Å². The Kier molecular flexibility index (Phi) is 4.47. The molecule has 3 heteroatoms. The smallest absolute Gasteiger partial charge is 0.210 e. The second kappa shape index (κ2) is 5.41. The van der Waals surface area contributed by atoms with Gasteiger partial charge in [-0.1, -0.05) is 29.8 Å². The SMILES string of the molecule is Cc1ccc(P)cc1.FC(F)C1CC1. The van der Waals surface area contributed by atoms with E-state index in [0.29, 0.717) is 0 Å². The summed E-state index contributed by atoms with van der Waals surface area (Å²) in [5, 5.41) is 1.25. The van der Waals surface area contributed by atoms with Crippen LogP contribution in [0.25, 0.3) is 0 Å². The average Bonchev–Trinajstić information content (AvgIpc) is 2.94. The minimum atomic E-state index is -2.04. The van der Waals surface area contributed by atoms with Crippen molar-refractivity contribution in [3.8, 4) is 0 Å². The van der Waals surface area contributed by atoms with Crippen molar-refractivity contribution in [3.05, 3.63) is 29.8 Å². The molecule has 0 radical (unpaired) electrons. The molecular formula is C11H15F2P. The highest BCUT2D eigenvalue weighted by Gasteiger charge is 2.30. The third-order valence-corrected chi connectivity index (χ3v) is 2.44. The molecule has 0 N–H and O–H groups in total. The monoisotopic (exact) mass is 216 g/mol. The van der Waals surface area contributed by atoms with Crippen LogP contribution in [-0.2, 0) is 0 Å². The molecule has 0 spiro atoms. The number of halogens is 2. The van der Waals surface area contributed by atoms with Crippen LogP contribution >= 0.6 is 9.24 Å². The van der Waals surface area contributed by atoms with E-state index in [1.54, 1.807) is 0 Å². The Hall–Kier alpha value is -0.490. The third kappa shape index (κ3) is 4.66. The quantitative estimate of drug-likeness (QED) is 0.632. The summed E-state index contributed by atoms with van der Waals surface area (Å²) >= 11 is 0. The lowest BCUT2D eigenvalue weighted by Crippen LogP contribution is -1.89. The summed E-state index contributed by atoms with van der Waals surface area (Å²) in [5.74, 6) is -0.231. The molecule has 1 unspecified atom stereocenters. The van der Waals surface area contributed by atoms with Gasteiger partial charge in [0, 0.05) is 5.92 Å². The Labute approximate surface area is 85.9 Å². The van der Waals surface area contributed by atoms with Crippen LogP contribution in [0.3, 0.4) is 0 Å². The van der Waals surface area contributed by atoms with Crippen LogP contribution in [0.1, 0.15) is 18.4 Å². The van der Waals surface area contributed by atoms with Crippen LogP contribution in [0.2, 0.25) is 0 Å². The minimum absolute atomic E-state index is 0.231. The molecule has 0 amide bonds. The van der Waals surface area contributed by atoms with Crippen LogP contribution in [0.4, 0.5) is 8.78 Å². The van der Waals surface area contributed by atoms with Gasteiger partial charge in [-0.25, -0.2) is 8.78 Å². The van der Waals surface area contributed by atoms with E-state index < -0.39 is 6.43 Å². The van der Waals surface area contributed by atoms with Crippen LogP contribution < -0.4 is 5.30 Å². The fraction of sp³-hybridized carbons (Fsp3) is 0.455.